The number of phenolic OH excluding ortho intramolecular Hbond substituents is 2. The second kappa shape index (κ2) is 9.11. The number of amides is 1. The Balaban J connectivity index is 1.75. The number of thiocarbonyl (C=S) groups is 1. The Hall–Kier alpha value is -2.84. The predicted molar refractivity (Wildman–Crippen MR) is 122 cm³/mol. The van der Waals surface area contributed by atoms with E-state index in [4.69, 9.17) is 12.2 Å². The molecule has 0 bridgehead atoms. The molecule has 3 rings (SSSR count). The van der Waals surface area contributed by atoms with Gasteiger partial charge in [0.15, 0.2) is 15.8 Å². The highest BCUT2D eigenvalue weighted by Gasteiger charge is 2.32. The molecule has 0 unspecified atom stereocenters. The van der Waals surface area contributed by atoms with Gasteiger partial charge in [-0.25, -0.2) is 0 Å². The van der Waals surface area contributed by atoms with E-state index in [9.17, 15) is 15.0 Å². The number of hydrogen-bond donors (Lipinski definition) is 2. The molecule has 6 nitrogen and oxygen atoms in total. The van der Waals surface area contributed by atoms with Crippen molar-refractivity contribution in [3.63, 3.8) is 0 Å². The SMILES string of the molecule is CCN(CC)c1ccc(/C=C2/SC(=S)N(/N=C/c3ccc(O)c(O)c3)C2=O)cc1. The Morgan fingerprint density at radius 3 is 2.34 bits per heavy atom. The lowest BCUT2D eigenvalue weighted by molar-refractivity contribution is -0.122. The van der Waals surface area contributed by atoms with Crippen molar-refractivity contribution >= 4 is 52.2 Å². The fraction of sp³-hybridized carbons (Fsp3) is 0.190. The highest BCUT2D eigenvalue weighted by atomic mass is 32.2. The first-order valence-corrected chi connectivity index (χ1v) is 10.3. The fourth-order valence-electron chi connectivity index (χ4n) is 2.83. The minimum atomic E-state index is -0.299. The van der Waals surface area contributed by atoms with Crippen molar-refractivity contribution < 1.29 is 15.0 Å². The van der Waals surface area contributed by atoms with E-state index >= 15 is 0 Å². The lowest BCUT2D eigenvalue weighted by Crippen LogP contribution is -2.22. The summed E-state index contributed by atoms with van der Waals surface area (Å²) < 4.78 is 0.334. The van der Waals surface area contributed by atoms with Crippen LogP contribution in [0.1, 0.15) is 25.0 Å². The third-order valence-electron chi connectivity index (χ3n) is 4.41. The topological polar surface area (TPSA) is 76.4 Å². The first-order valence-electron chi connectivity index (χ1n) is 9.11. The largest absolute Gasteiger partial charge is 0.504 e. The van der Waals surface area contributed by atoms with E-state index in [0.29, 0.717) is 14.8 Å². The van der Waals surface area contributed by atoms with Crippen LogP contribution in [0.2, 0.25) is 0 Å². The standard InChI is InChI=1S/C21H21N3O3S2/c1-3-23(4-2)16-8-5-14(6-9-16)12-19-20(27)24(21(28)29-19)22-13-15-7-10-17(25)18(26)11-15/h5-13,25-26H,3-4H2,1-2H3/b19-12+,22-13+. The zero-order valence-corrected chi connectivity index (χ0v) is 17.7. The number of nitrogens with zero attached hydrogens (tertiary/aromatic N) is 3. The molecule has 8 heteroatoms. The molecule has 1 amide bonds. The quantitative estimate of drug-likeness (QED) is 0.312. The maximum Gasteiger partial charge on any atom is 0.286 e. The lowest BCUT2D eigenvalue weighted by Gasteiger charge is -2.20. The van der Waals surface area contributed by atoms with Crippen molar-refractivity contribution in [2.24, 2.45) is 5.10 Å². The predicted octanol–water partition coefficient (Wildman–Crippen LogP) is 4.18. The summed E-state index contributed by atoms with van der Waals surface area (Å²) in [5.74, 6) is -0.776. The molecule has 1 aliphatic rings. The minimum Gasteiger partial charge on any atom is -0.504 e. The zero-order chi connectivity index (χ0) is 21.0. The molecule has 0 atom stereocenters. The van der Waals surface area contributed by atoms with Crippen LogP contribution in [0.25, 0.3) is 6.08 Å². The van der Waals surface area contributed by atoms with Gasteiger partial charge in [0.05, 0.1) is 11.1 Å². The number of phenols is 2. The molecule has 0 spiro atoms. The second-order valence-corrected chi connectivity index (χ2v) is 7.93. The highest BCUT2D eigenvalue weighted by Crippen LogP contribution is 2.33. The summed E-state index contributed by atoms with van der Waals surface area (Å²) in [6.07, 6.45) is 3.21. The van der Waals surface area contributed by atoms with Crippen molar-refractivity contribution in [2.75, 3.05) is 18.0 Å². The molecule has 29 heavy (non-hydrogen) atoms. The first-order chi connectivity index (χ1) is 13.9. The molecule has 1 fully saturated rings. The Kier molecular flexibility index (Phi) is 6.56. The molecule has 1 aliphatic heterocycles. The number of rotatable bonds is 6. The Bertz CT molecular complexity index is 983. The zero-order valence-electron chi connectivity index (χ0n) is 16.1. The number of carbonyl (C=O) groups excluding carboxylic acids is 1. The van der Waals surface area contributed by atoms with Crippen LogP contribution in [0.15, 0.2) is 52.5 Å². The van der Waals surface area contributed by atoms with Gasteiger partial charge in [-0.15, -0.1) is 0 Å². The molecule has 0 aliphatic carbocycles. The van der Waals surface area contributed by atoms with Crippen LogP contribution >= 0.6 is 24.0 Å². The van der Waals surface area contributed by atoms with Gasteiger partial charge in [0.2, 0.25) is 0 Å². The smallest absolute Gasteiger partial charge is 0.286 e. The highest BCUT2D eigenvalue weighted by molar-refractivity contribution is 8.26. The number of benzene rings is 2. The molecule has 1 saturated heterocycles. The third-order valence-corrected chi connectivity index (χ3v) is 5.70. The van der Waals surface area contributed by atoms with E-state index in [1.807, 2.05) is 24.3 Å². The molecule has 2 N–H and O–H groups in total. The van der Waals surface area contributed by atoms with E-state index in [-0.39, 0.29) is 17.4 Å². The molecular weight excluding hydrogens is 406 g/mol. The summed E-state index contributed by atoms with van der Waals surface area (Å²) in [5.41, 5.74) is 2.58. The molecule has 0 radical (unpaired) electrons. The van der Waals surface area contributed by atoms with Crippen LogP contribution < -0.4 is 4.90 Å². The van der Waals surface area contributed by atoms with Gasteiger partial charge in [-0.2, -0.15) is 10.1 Å². The number of aromatic hydroxyl groups is 2. The summed E-state index contributed by atoms with van der Waals surface area (Å²) in [5, 5.41) is 24.2. The van der Waals surface area contributed by atoms with Crippen molar-refractivity contribution in [1.82, 2.24) is 5.01 Å². The van der Waals surface area contributed by atoms with Gasteiger partial charge in [-0.05, 0) is 73.6 Å². The van der Waals surface area contributed by atoms with Crippen LogP contribution in [0.3, 0.4) is 0 Å². The molecule has 150 valence electrons. The second-order valence-electron chi connectivity index (χ2n) is 6.25. The van der Waals surface area contributed by atoms with E-state index in [1.165, 1.54) is 30.1 Å². The van der Waals surface area contributed by atoms with E-state index in [1.54, 1.807) is 12.1 Å². The average Bonchev–Trinajstić information content (AvgIpc) is 2.98. The minimum absolute atomic E-state index is 0.220. The van der Waals surface area contributed by atoms with Gasteiger partial charge in [-0.3, -0.25) is 4.79 Å². The van der Waals surface area contributed by atoms with Gasteiger partial charge in [0.1, 0.15) is 0 Å². The lowest BCUT2D eigenvalue weighted by atomic mass is 10.1. The Labute approximate surface area is 179 Å². The van der Waals surface area contributed by atoms with Gasteiger partial charge in [-0.1, -0.05) is 23.9 Å². The van der Waals surface area contributed by atoms with Gasteiger partial charge < -0.3 is 15.1 Å². The summed E-state index contributed by atoms with van der Waals surface area (Å²) >= 11 is 6.47. The van der Waals surface area contributed by atoms with E-state index < -0.39 is 0 Å². The van der Waals surface area contributed by atoms with Crippen LogP contribution in [0.5, 0.6) is 11.5 Å². The third kappa shape index (κ3) is 4.78. The fourth-order valence-corrected chi connectivity index (χ4v) is 4.00. The molecule has 0 aromatic heterocycles. The van der Waals surface area contributed by atoms with Gasteiger partial charge >= 0.3 is 0 Å². The van der Waals surface area contributed by atoms with Crippen molar-refractivity contribution in [2.45, 2.75) is 13.8 Å². The monoisotopic (exact) mass is 427 g/mol. The maximum atomic E-state index is 12.7. The van der Waals surface area contributed by atoms with Crippen molar-refractivity contribution in [3.8, 4) is 11.5 Å². The normalized spacial score (nSPS) is 15.7. The summed E-state index contributed by atoms with van der Waals surface area (Å²) in [7, 11) is 0. The van der Waals surface area contributed by atoms with Crippen molar-refractivity contribution in [3.05, 3.63) is 58.5 Å². The molecular formula is C21H21N3O3S2. The van der Waals surface area contributed by atoms with Crippen LogP contribution in [-0.4, -0.2) is 44.8 Å². The average molecular weight is 428 g/mol. The van der Waals surface area contributed by atoms with Crippen LogP contribution in [-0.2, 0) is 4.79 Å². The van der Waals surface area contributed by atoms with Gasteiger partial charge in [0.25, 0.3) is 5.91 Å². The molecule has 0 saturated carbocycles. The molecule has 2 aromatic rings. The number of hydrazone groups is 1. The number of anilines is 1. The van der Waals surface area contributed by atoms with E-state index in [0.717, 1.165) is 29.3 Å². The number of hydrogen-bond acceptors (Lipinski definition) is 7. The Morgan fingerprint density at radius 1 is 1.07 bits per heavy atom. The number of thioether (sulfide) groups is 1. The summed E-state index contributed by atoms with van der Waals surface area (Å²) in [6, 6.07) is 12.3. The Morgan fingerprint density at radius 2 is 1.72 bits per heavy atom. The maximum absolute atomic E-state index is 12.7. The van der Waals surface area contributed by atoms with E-state index in [2.05, 4.69) is 23.8 Å². The molecule has 1 heterocycles. The first kappa shape index (κ1) is 20.9. The van der Waals surface area contributed by atoms with Crippen LogP contribution in [0, 0.1) is 0 Å². The molecule has 2 aromatic carbocycles. The van der Waals surface area contributed by atoms with Crippen LogP contribution in [0.4, 0.5) is 5.69 Å². The van der Waals surface area contributed by atoms with Crippen molar-refractivity contribution in [1.29, 1.82) is 0 Å². The number of carbonyl (C=O) groups is 1. The van der Waals surface area contributed by atoms with Gasteiger partial charge in [0, 0.05) is 18.8 Å². The summed E-state index contributed by atoms with van der Waals surface area (Å²) in [6.45, 7) is 6.10. The summed E-state index contributed by atoms with van der Waals surface area (Å²) in [4.78, 5) is 15.4.